The number of ether oxygens (including phenoxy) is 5. The van der Waals surface area contributed by atoms with Crippen LogP contribution < -0.4 is 9.47 Å². The number of carbonyl (C=O) groups is 1. The predicted octanol–water partition coefficient (Wildman–Crippen LogP) is -1.34. The number of phenols is 3. The zero-order valence-corrected chi connectivity index (χ0v) is 23.3. The molecule has 0 aromatic heterocycles. The van der Waals surface area contributed by atoms with Gasteiger partial charge in [0.1, 0.15) is 59.4 Å². The van der Waals surface area contributed by atoms with E-state index in [0.29, 0.717) is 5.56 Å². The summed E-state index contributed by atoms with van der Waals surface area (Å²) in [6.45, 7) is 0.662. The molecule has 2 aliphatic heterocycles. The van der Waals surface area contributed by atoms with Gasteiger partial charge in [-0.2, -0.15) is 0 Å². The Morgan fingerprint density at radius 2 is 1.51 bits per heavy atom. The van der Waals surface area contributed by atoms with E-state index in [1.54, 1.807) is 6.07 Å². The van der Waals surface area contributed by atoms with Crippen LogP contribution in [-0.2, 0) is 20.6 Å². The second kappa shape index (κ2) is 13.6. The molecular weight excluding hydrogens is 576 g/mol. The first-order valence-corrected chi connectivity index (χ1v) is 13.5. The molecule has 2 saturated heterocycles. The van der Waals surface area contributed by atoms with Gasteiger partial charge in [0, 0.05) is 18.6 Å². The van der Waals surface area contributed by atoms with Gasteiger partial charge in [0.25, 0.3) is 0 Å². The minimum atomic E-state index is -1.79. The van der Waals surface area contributed by atoms with Crippen LogP contribution in [0, 0.1) is 0 Å². The first-order valence-electron chi connectivity index (χ1n) is 13.5. The van der Waals surface area contributed by atoms with E-state index in [2.05, 4.69) is 0 Å². The Morgan fingerprint density at radius 3 is 2.12 bits per heavy atom. The number of rotatable bonds is 10. The molecule has 2 heterocycles. The van der Waals surface area contributed by atoms with E-state index in [9.17, 15) is 50.8 Å². The van der Waals surface area contributed by atoms with Crippen molar-refractivity contribution in [1.29, 1.82) is 0 Å². The number of aryl methyl sites for hydroxylation is 1. The van der Waals surface area contributed by atoms with E-state index in [1.807, 2.05) is 0 Å². The highest BCUT2D eigenvalue weighted by molar-refractivity contribution is 6.01. The van der Waals surface area contributed by atoms with Crippen molar-refractivity contribution >= 4 is 5.78 Å². The standard InChI is InChI=1S/C28H36O15/c1-11-21(34)23(36)25(38)27(40-11)43-26-24(37)22(35)19(10-29)42-28(26)41-13-8-16(32)20(17(33)9-13)14(30)5-3-12-4-6-18(39-2)15(31)7-12/h4,6-9,11,19,21-29,31-38H,3,5,10H2,1-2H3/t11-,19-,21-,22-,23+,24+,25+,26-,27-,28-/m0/s1. The van der Waals surface area contributed by atoms with Gasteiger partial charge >= 0.3 is 0 Å². The summed E-state index contributed by atoms with van der Waals surface area (Å²) in [7, 11) is 1.40. The lowest BCUT2D eigenvalue weighted by molar-refractivity contribution is -0.354. The van der Waals surface area contributed by atoms with Crippen LogP contribution in [0.3, 0.4) is 0 Å². The molecule has 238 valence electrons. The number of ketones is 1. The number of hydrogen-bond donors (Lipinski definition) is 9. The molecule has 0 aliphatic carbocycles. The minimum absolute atomic E-state index is 0.110. The van der Waals surface area contributed by atoms with Gasteiger partial charge in [-0.1, -0.05) is 6.07 Å². The average molecular weight is 613 g/mol. The third-order valence-electron chi connectivity index (χ3n) is 7.41. The molecule has 0 radical (unpaired) electrons. The predicted molar refractivity (Wildman–Crippen MR) is 143 cm³/mol. The van der Waals surface area contributed by atoms with Gasteiger partial charge in [-0.15, -0.1) is 0 Å². The number of Topliss-reactive ketones (excluding diaryl/α,β-unsaturated/α-hetero) is 1. The normalized spacial score (nSPS) is 32.7. The van der Waals surface area contributed by atoms with Gasteiger partial charge in [0.2, 0.25) is 6.29 Å². The Morgan fingerprint density at radius 1 is 0.837 bits per heavy atom. The largest absolute Gasteiger partial charge is 0.507 e. The van der Waals surface area contributed by atoms with Crippen LogP contribution in [0.1, 0.15) is 29.3 Å². The summed E-state index contributed by atoms with van der Waals surface area (Å²) in [5.74, 6) is -2.04. The first kappa shape index (κ1) is 32.7. The lowest BCUT2D eigenvalue weighted by atomic mass is 9.97. The summed E-state index contributed by atoms with van der Waals surface area (Å²) in [6.07, 6.45) is -15.5. The Hall–Kier alpha value is -3.25. The van der Waals surface area contributed by atoms with Gasteiger partial charge in [-0.05, 0) is 31.0 Å². The Labute approximate surface area is 245 Å². The number of carbonyl (C=O) groups excluding carboxylic acids is 1. The van der Waals surface area contributed by atoms with Gasteiger partial charge in [-0.25, -0.2) is 0 Å². The second-order valence-electron chi connectivity index (χ2n) is 10.4. The van der Waals surface area contributed by atoms with Crippen LogP contribution in [-0.4, -0.2) is 127 Å². The third kappa shape index (κ3) is 6.95. The number of aliphatic hydroxyl groups excluding tert-OH is 6. The lowest BCUT2D eigenvalue weighted by Gasteiger charge is -2.45. The van der Waals surface area contributed by atoms with Gasteiger partial charge in [0.15, 0.2) is 29.7 Å². The summed E-state index contributed by atoms with van der Waals surface area (Å²) >= 11 is 0. The van der Waals surface area contributed by atoms with E-state index >= 15 is 0 Å². The summed E-state index contributed by atoms with van der Waals surface area (Å²) < 4.78 is 27.2. The van der Waals surface area contributed by atoms with Crippen molar-refractivity contribution in [2.45, 2.75) is 81.2 Å². The van der Waals surface area contributed by atoms with Gasteiger partial charge in [0.05, 0.1) is 19.8 Å². The summed E-state index contributed by atoms with van der Waals surface area (Å²) in [5, 5.41) is 92.3. The van der Waals surface area contributed by atoms with Crippen LogP contribution >= 0.6 is 0 Å². The molecule has 2 aromatic rings. The maximum atomic E-state index is 12.9. The molecule has 15 heteroatoms. The molecule has 15 nitrogen and oxygen atoms in total. The number of aliphatic hydroxyl groups is 6. The van der Waals surface area contributed by atoms with Gasteiger partial charge < -0.3 is 69.6 Å². The van der Waals surface area contributed by atoms with Crippen molar-refractivity contribution in [3.8, 4) is 28.7 Å². The fourth-order valence-electron chi connectivity index (χ4n) is 4.93. The van der Waals surface area contributed by atoms with Crippen LogP contribution in [0.2, 0.25) is 0 Å². The highest BCUT2D eigenvalue weighted by Gasteiger charge is 2.51. The van der Waals surface area contributed by atoms with E-state index < -0.39 is 90.9 Å². The summed E-state index contributed by atoms with van der Waals surface area (Å²) in [6, 6.07) is 6.59. The Kier molecular flexibility index (Phi) is 10.3. The van der Waals surface area contributed by atoms with Crippen LogP contribution in [0.5, 0.6) is 28.7 Å². The van der Waals surface area contributed by atoms with Gasteiger partial charge in [-0.3, -0.25) is 4.79 Å². The third-order valence-corrected chi connectivity index (χ3v) is 7.41. The number of hydrogen-bond acceptors (Lipinski definition) is 15. The Bertz CT molecular complexity index is 1250. The molecule has 43 heavy (non-hydrogen) atoms. The smallest absolute Gasteiger partial charge is 0.229 e. The Balaban J connectivity index is 1.51. The molecule has 2 aliphatic rings. The van der Waals surface area contributed by atoms with Crippen LogP contribution in [0.15, 0.2) is 30.3 Å². The fourth-order valence-corrected chi connectivity index (χ4v) is 4.93. The van der Waals surface area contributed by atoms with Crippen molar-refractivity contribution < 1.29 is 74.4 Å². The molecule has 10 atom stereocenters. The van der Waals surface area contributed by atoms with Crippen LogP contribution in [0.25, 0.3) is 0 Å². The average Bonchev–Trinajstić information content (AvgIpc) is 2.96. The molecule has 2 aromatic carbocycles. The molecular formula is C28H36O15. The van der Waals surface area contributed by atoms with E-state index in [1.165, 1.54) is 26.2 Å². The SMILES string of the molecule is COc1ccc(CCC(=O)c2c(O)cc(O[C@H]3O[C@@H](CO)[C@H](O)[C@@H](O)[C@@H]3O[C@@H]3O[C@@H](C)[C@H](O)[C@@H](O)[C@H]3O)cc2O)cc1O. The first-order chi connectivity index (χ1) is 20.4. The van der Waals surface area contributed by atoms with Crippen molar-refractivity contribution in [3.63, 3.8) is 0 Å². The second-order valence-corrected chi connectivity index (χ2v) is 10.4. The van der Waals surface area contributed by atoms with Crippen molar-refractivity contribution in [2.75, 3.05) is 13.7 Å². The maximum absolute atomic E-state index is 12.9. The molecule has 0 bridgehead atoms. The monoisotopic (exact) mass is 612 g/mol. The highest BCUT2D eigenvalue weighted by atomic mass is 16.8. The van der Waals surface area contributed by atoms with E-state index in [0.717, 1.165) is 12.1 Å². The summed E-state index contributed by atoms with van der Waals surface area (Å²) in [4.78, 5) is 12.9. The zero-order valence-electron chi connectivity index (χ0n) is 23.3. The number of benzene rings is 2. The number of aromatic hydroxyl groups is 3. The molecule has 2 fully saturated rings. The van der Waals surface area contributed by atoms with Crippen LogP contribution in [0.4, 0.5) is 0 Å². The molecule has 0 amide bonds. The molecule has 0 spiro atoms. The zero-order chi connectivity index (χ0) is 31.6. The van der Waals surface area contributed by atoms with E-state index in [4.69, 9.17) is 23.7 Å². The summed E-state index contributed by atoms with van der Waals surface area (Å²) in [5.41, 5.74) is 0.208. The topological polar surface area (TPSA) is 245 Å². The minimum Gasteiger partial charge on any atom is -0.507 e. The molecule has 0 unspecified atom stereocenters. The quantitative estimate of drug-likeness (QED) is 0.141. The van der Waals surface area contributed by atoms with Crippen molar-refractivity contribution in [3.05, 3.63) is 41.5 Å². The van der Waals surface area contributed by atoms with Crippen molar-refractivity contribution in [2.24, 2.45) is 0 Å². The van der Waals surface area contributed by atoms with E-state index in [-0.39, 0.29) is 30.1 Å². The highest BCUT2D eigenvalue weighted by Crippen LogP contribution is 2.37. The molecule has 0 saturated carbocycles. The molecule has 4 rings (SSSR count). The lowest BCUT2D eigenvalue weighted by Crippen LogP contribution is -2.64. The molecule has 9 N–H and O–H groups in total. The van der Waals surface area contributed by atoms with Crippen molar-refractivity contribution in [1.82, 2.24) is 0 Å². The fraction of sp³-hybridized carbons (Fsp3) is 0.536. The number of phenolic OH excluding ortho intramolecular Hbond substituents is 3. The maximum Gasteiger partial charge on any atom is 0.229 e. The number of methoxy groups -OCH3 is 1.